The van der Waals surface area contributed by atoms with Crippen molar-refractivity contribution < 1.29 is 9.53 Å². The highest BCUT2D eigenvalue weighted by Crippen LogP contribution is 2.22. The van der Waals surface area contributed by atoms with Gasteiger partial charge in [0, 0.05) is 32.9 Å². The summed E-state index contributed by atoms with van der Waals surface area (Å²) in [6, 6.07) is 10.0. The molecule has 0 radical (unpaired) electrons. The number of nitrogens with one attached hydrogen (secondary N) is 1. The van der Waals surface area contributed by atoms with E-state index in [0.717, 1.165) is 18.7 Å². The highest BCUT2D eigenvalue weighted by molar-refractivity contribution is 5.73. The van der Waals surface area contributed by atoms with Crippen LogP contribution in [0.15, 0.2) is 42.7 Å². The molecule has 0 aliphatic carbocycles. The number of hydrogen-bond donors (Lipinski definition) is 1. The smallest absolute Gasteiger partial charge is 0.317 e. The number of carbonyl (C=O) groups is 1. The molecule has 2 amide bonds. The molecule has 0 unspecified atom stereocenters. The Labute approximate surface area is 154 Å². The fourth-order valence-electron chi connectivity index (χ4n) is 3.12. The van der Waals surface area contributed by atoms with Gasteiger partial charge in [-0.05, 0) is 42.8 Å². The van der Waals surface area contributed by atoms with E-state index in [1.165, 1.54) is 11.1 Å². The van der Waals surface area contributed by atoms with Crippen molar-refractivity contribution in [1.29, 1.82) is 0 Å². The number of aromatic nitrogens is 1. The van der Waals surface area contributed by atoms with Crippen LogP contribution in [0.5, 0.6) is 5.75 Å². The Hall–Kier alpha value is -2.60. The highest BCUT2D eigenvalue weighted by atomic mass is 16.5. The molecular weight excluding hydrogens is 328 g/mol. The number of hydrogen-bond acceptors (Lipinski definition) is 4. The second-order valence-corrected chi connectivity index (χ2v) is 6.93. The predicted molar refractivity (Wildman–Crippen MR) is 101 cm³/mol. The molecule has 6 nitrogen and oxygen atoms in total. The molecule has 138 valence electrons. The van der Waals surface area contributed by atoms with Crippen LogP contribution in [-0.2, 0) is 19.6 Å². The first kappa shape index (κ1) is 18.2. The molecule has 2 aromatic rings. The highest BCUT2D eigenvalue weighted by Gasteiger charge is 2.17. The summed E-state index contributed by atoms with van der Waals surface area (Å²) in [7, 11) is 3.93. The summed E-state index contributed by atoms with van der Waals surface area (Å²) in [6.07, 6.45) is 3.23. The van der Waals surface area contributed by atoms with Crippen molar-refractivity contribution in [3.8, 4) is 5.75 Å². The zero-order valence-electron chi connectivity index (χ0n) is 15.6. The molecule has 0 bridgehead atoms. The normalized spacial score (nSPS) is 14.6. The summed E-state index contributed by atoms with van der Waals surface area (Å²) in [5, 5.41) is 2.92. The number of ether oxygens (including phenoxy) is 1. The Kier molecular flexibility index (Phi) is 5.73. The van der Waals surface area contributed by atoms with Gasteiger partial charge in [-0.3, -0.25) is 9.88 Å². The zero-order valence-corrected chi connectivity index (χ0v) is 15.6. The molecule has 0 fully saturated rings. The van der Waals surface area contributed by atoms with Crippen molar-refractivity contribution in [3.05, 3.63) is 59.4 Å². The molecule has 6 heteroatoms. The summed E-state index contributed by atoms with van der Waals surface area (Å²) in [4.78, 5) is 20.3. The van der Waals surface area contributed by atoms with Crippen LogP contribution in [0.2, 0.25) is 0 Å². The lowest BCUT2D eigenvalue weighted by Crippen LogP contribution is -2.41. The number of amides is 2. The monoisotopic (exact) mass is 354 g/mol. The van der Waals surface area contributed by atoms with E-state index in [1.54, 1.807) is 24.3 Å². The van der Waals surface area contributed by atoms with Crippen LogP contribution in [0.3, 0.4) is 0 Å². The summed E-state index contributed by atoms with van der Waals surface area (Å²) >= 11 is 0. The molecule has 1 aliphatic rings. The van der Waals surface area contributed by atoms with Crippen molar-refractivity contribution in [3.63, 3.8) is 0 Å². The van der Waals surface area contributed by atoms with Crippen molar-refractivity contribution in [1.82, 2.24) is 20.1 Å². The third-order valence-corrected chi connectivity index (χ3v) is 4.43. The topological polar surface area (TPSA) is 57.7 Å². The molecule has 1 aromatic carbocycles. The van der Waals surface area contributed by atoms with E-state index in [-0.39, 0.29) is 12.1 Å². The van der Waals surface area contributed by atoms with Gasteiger partial charge in [0.05, 0.1) is 12.7 Å². The SMILES string of the molecule is C[C@@H](CNC(=O)N(C)Cc1ccc2c(c1)CN(C)C2)Oc1cccnc1. The van der Waals surface area contributed by atoms with Crippen molar-refractivity contribution >= 4 is 6.03 Å². The minimum absolute atomic E-state index is 0.107. The minimum atomic E-state index is -0.132. The lowest BCUT2D eigenvalue weighted by atomic mass is 10.1. The largest absolute Gasteiger partial charge is 0.487 e. The maximum atomic E-state index is 12.3. The number of nitrogens with zero attached hydrogens (tertiary/aromatic N) is 3. The number of rotatable bonds is 6. The first-order chi connectivity index (χ1) is 12.5. The maximum absolute atomic E-state index is 12.3. The molecule has 1 N–H and O–H groups in total. The second-order valence-electron chi connectivity index (χ2n) is 6.93. The van der Waals surface area contributed by atoms with Gasteiger partial charge in [0.2, 0.25) is 0 Å². The molecule has 1 aliphatic heterocycles. The van der Waals surface area contributed by atoms with Gasteiger partial charge < -0.3 is 15.0 Å². The molecule has 3 rings (SSSR count). The van der Waals surface area contributed by atoms with E-state index in [1.807, 2.05) is 19.1 Å². The number of fused-ring (bicyclic) bond motifs is 1. The average molecular weight is 354 g/mol. The molecule has 0 saturated carbocycles. The van der Waals surface area contributed by atoms with Crippen molar-refractivity contribution in [2.45, 2.75) is 32.7 Å². The van der Waals surface area contributed by atoms with Crippen LogP contribution in [0.25, 0.3) is 0 Å². The molecule has 2 heterocycles. The summed E-state index contributed by atoms with van der Waals surface area (Å²) in [6.45, 7) is 4.92. The molecule has 1 aromatic heterocycles. The molecule has 0 spiro atoms. The Balaban J connectivity index is 1.47. The van der Waals surface area contributed by atoms with Gasteiger partial charge in [-0.15, -0.1) is 0 Å². The van der Waals surface area contributed by atoms with Crippen LogP contribution in [-0.4, -0.2) is 47.6 Å². The van der Waals surface area contributed by atoms with Crippen LogP contribution >= 0.6 is 0 Å². The fraction of sp³-hybridized carbons (Fsp3) is 0.400. The number of carbonyl (C=O) groups excluding carboxylic acids is 1. The summed E-state index contributed by atoms with van der Waals surface area (Å²) in [5.41, 5.74) is 3.89. The Morgan fingerprint density at radius 3 is 2.92 bits per heavy atom. The van der Waals surface area contributed by atoms with E-state index in [4.69, 9.17) is 4.74 Å². The fourth-order valence-corrected chi connectivity index (χ4v) is 3.12. The first-order valence-corrected chi connectivity index (χ1v) is 8.86. The Morgan fingerprint density at radius 1 is 1.35 bits per heavy atom. The van der Waals surface area contributed by atoms with Gasteiger partial charge in [-0.2, -0.15) is 0 Å². The summed E-state index contributed by atoms with van der Waals surface area (Å²) < 4.78 is 5.72. The van der Waals surface area contributed by atoms with Gasteiger partial charge in [0.1, 0.15) is 11.9 Å². The van der Waals surface area contributed by atoms with Crippen LogP contribution in [0.1, 0.15) is 23.6 Å². The minimum Gasteiger partial charge on any atom is -0.487 e. The molecular formula is C20H26N4O2. The Bertz CT molecular complexity index is 751. The number of pyridine rings is 1. The zero-order chi connectivity index (χ0) is 18.5. The van der Waals surface area contributed by atoms with E-state index >= 15 is 0 Å². The van der Waals surface area contributed by atoms with Gasteiger partial charge in [-0.25, -0.2) is 4.79 Å². The van der Waals surface area contributed by atoms with E-state index in [9.17, 15) is 4.79 Å². The Morgan fingerprint density at radius 2 is 2.15 bits per heavy atom. The molecule has 0 saturated heterocycles. The van der Waals surface area contributed by atoms with Crippen LogP contribution < -0.4 is 10.1 Å². The lowest BCUT2D eigenvalue weighted by molar-refractivity contribution is 0.188. The predicted octanol–water partition coefficient (Wildman–Crippen LogP) is 2.64. The third-order valence-electron chi connectivity index (χ3n) is 4.43. The first-order valence-electron chi connectivity index (χ1n) is 8.86. The molecule has 26 heavy (non-hydrogen) atoms. The van der Waals surface area contributed by atoms with E-state index in [2.05, 4.69) is 40.4 Å². The van der Waals surface area contributed by atoms with E-state index < -0.39 is 0 Å². The van der Waals surface area contributed by atoms with Gasteiger partial charge in [-0.1, -0.05) is 18.2 Å². The standard InChI is InChI=1S/C20H26N4O2/c1-15(26-19-5-4-8-21-11-19)10-22-20(25)24(3)12-16-6-7-17-13-23(2)14-18(17)9-16/h4-9,11,15H,10,12-14H2,1-3H3,(H,22,25)/t15-/m0/s1. The van der Waals surface area contributed by atoms with Crippen molar-refractivity contribution in [2.24, 2.45) is 0 Å². The van der Waals surface area contributed by atoms with Gasteiger partial charge in [0.25, 0.3) is 0 Å². The summed E-state index contributed by atoms with van der Waals surface area (Å²) in [5.74, 6) is 0.700. The van der Waals surface area contributed by atoms with Crippen LogP contribution in [0.4, 0.5) is 4.79 Å². The molecule has 1 atom stereocenters. The quantitative estimate of drug-likeness (QED) is 0.866. The van der Waals surface area contributed by atoms with Crippen molar-refractivity contribution in [2.75, 3.05) is 20.6 Å². The van der Waals surface area contributed by atoms with Gasteiger partial charge >= 0.3 is 6.03 Å². The third kappa shape index (κ3) is 4.73. The number of benzene rings is 1. The second kappa shape index (κ2) is 8.19. The number of urea groups is 1. The lowest BCUT2D eigenvalue weighted by Gasteiger charge is -2.21. The van der Waals surface area contributed by atoms with Gasteiger partial charge in [0.15, 0.2) is 0 Å². The maximum Gasteiger partial charge on any atom is 0.317 e. The van der Waals surface area contributed by atoms with E-state index in [0.29, 0.717) is 18.8 Å². The van der Waals surface area contributed by atoms with Crippen LogP contribution in [0, 0.1) is 0 Å². The average Bonchev–Trinajstić information content (AvgIpc) is 2.99.